The van der Waals surface area contributed by atoms with Gasteiger partial charge in [-0.15, -0.1) is 0 Å². The highest BCUT2D eigenvalue weighted by atomic mass is 32.1. The average Bonchev–Trinajstić information content (AvgIpc) is 2.69. The smallest absolute Gasteiger partial charge is 0.326 e. The van der Waals surface area contributed by atoms with Crippen molar-refractivity contribution in [1.82, 2.24) is 16.0 Å². The number of aliphatic hydroxyl groups is 1. The molecule has 0 heterocycles. The number of aliphatic carboxylic acids is 1. The minimum atomic E-state index is -1.19. The number of rotatable bonds is 15. The second-order valence-corrected chi connectivity index (χ2v) is 7.77. The Labute approximate surface area is 182 Å². The van der Waals surface area contributed by atoms with E-state index >= 15 is 0 Å². The second kappa shape index (κ2) is 15.0. The molecule has 174 valence electrons. The molecule has 0 rings (SSSR count). The largest absolute Gasteiger partial charge is 0.480 e. The molecule has 12 heteroatoms. The van der Waals surface area contributed by atoms with E-state index in [1.54, 1.807) is 0 Å². The van der Waals surface area contributed by atoms with Crippen LogP contribution in [0.2, 0.25) is 0 Å². The Balaban J connectivity index is 5.12. The van der Waals surface area contributed by atoms with Gasteiger partial charge in [-0.1, -0.05) is 13.8 Å². The predicted molar refractivity (Wildman–Crippen MR) is 115 cm³/mol. The van der Waals surface area contributed by atoms with Crippen LogP contribution in [0, 0.1) is 5.92 Å². The van der Waals surface area contributed by atoms with Crippen LogP contribution in [-0.4, -0.2) is 77.0 Å². The SMILES string of the molecule is CC(C)CC(NC(=O)C(N)CO)C(=O)NC(CS)C(=O)NC(CCCCN)C(=O)O. The van der Waals surface area contributed by atoms with E-state index < -0.39 is 54.5 Å². The van der Waals surface area contributed by atoms with Gasteiger partial charge in [-0.3, -0.25) is 14.4 Å². The van der Waals surface area contributed by atoms with Crippen LogP contribution in [0.1, 0.15) is 39.5 Å². The fraction of sp³-hybridized carbons (Fsp3) is 0.778. The zero-order valence-corrected chi connectivity index (χ0v) is 18.4. The van der Waals surface area contributed by atoms with Gasteiger partial charge in [-0.25, -0.2) is 4.79 Å². The maximum absolute atomic E-state index is 12.7. The van der Waals surface area contributed by atoms with Crippen molar-refractivity contribution >= 4 is 36.3 Å². The molecule has 0 bridgehead atoms. The van der Waals surface area contributed by atoms with Crippen LogP contribution in [0.5, 0.6) is 0 Å². The first kappa shape index (κ1) is 28.1. The molecule has 4 atom stereocenters. The van der Waals surface area contributed by atoms with E-state index in [1.165, 1.54) is 0 Å². The number of nitrogens with one attached hydrogen (secondary N) is 3. The highest BCUT2D eigenvalue weighted by Gasteiger charge is 2.29. The Hall–Kier alpha value is -1.89. The Bertz CT molecular complexity index is 577. The van der Waals surface area contributed by atoms with Gasteiger partial charge in [0, 0.05) is 5.75 Å². The number of amides is 3. The summed E-state index contributed by atoms with van der Waals surface area (Å²) in [6.07, 6.45) is 1.63. The molecule has 0 aromatic carbocycles. The lowest BCUT2D eigenvalue weighted by Crippen LogP contribution is -2.58. The quantitative estimate of drug-likeness (QED) is 0.103. The lowest BCUT2D eigenvalue weighted by molar-refractivity contribution is -0.142. The summed E-state index contributed by atoms with van der Waals surface area (Å²) in [6, 6.07) is -4.38. The molecule has 4 unspecified atom stereocenters. The molecule has 0 aliphatic rings. The zero-order chi connectivity index (χ0) is 23.3. The molecule has 30 heavy (non-hydrogen) atoms. The zero-order valence-electron chi connectivity index (χ0n) is 17.5. The van der Waals surface area contributed by atoms with Gasteiger partial charge < -0.3 is 37.6 Å². The van der Waals surface area contributed by atoms with Gasteiger partial charge in [0.15, 0.2) is 0 Å². The predicted octanol–water partition coefficient (Wildman–Crippen LogP) is -2.05. The molecular formula is C18H35N5O6S. The third kappa shape index (κ3) is 10.8. The van der Waals surface area contributed by atoms with Crippen molar-refractivity contribution in [3.63, 3.8) is 0 Å². The van der Waals surface area contributed by atoms with Gasteiger partial charge >= 0.3 is 5.97 Å². The highest BCUT2D eigenvalue weighted by molar-refractivity contribution is 7.80. The van der Waals surface area contributed by atoms with Crippen LogP contribution < -0.4 is 27.4 Å². The van der Waals surface area contributed by atoms with E-state index in [2.05, 4.69) is 28.6 Å². The lowest BCUT2D eigenvalue weighted by Gasteiger charge is -2.25. The lowest BCUT2D eigenvalue weighted by atomic mass is 10.0. The van der Waals surface area contributed by atoms with Crippen molar-refractivity contribution < 1.29 is 29.4 Å². The summed E-state index contributed by atoms with van der Waals surface area (Å²) in [5, 5.41) is 25.6. The van der Waals surface area contributed by atoms with Crippen molar-refractivity contribution in [1.29, 1.82) is 0 Å². The van der Waals surface area contributed by atoms with Gasteiger partial charge in [0.25, 0.3) is 0 Å². The van der Waals surface area contributed by atoms with E-state index in [4.69, 9.17) is 16.6 Å². The number of aliphatic hydroxyl groups excluding tert-OH is 1. The molecule has 0 fully saturated rings. The molecule has 0 aromatic rings. The topological polar surface area (TPSA) is 197 Å². The van der Waals surface area contributed by atoms with E-state index in [-0.39, 0.29) is 24.5 Å². The van der Waals surface area contributed by atoms with Crippen molar-refractivity contribution in [2.75, 3.05) is 18.9 Å². The van der Waals surface area contributed by atoms with E-state index in [1.807, 2.05) is 13.8 Å². The normalized spacial score (nSPS) is 15.0. The van der Waals surface area contributed by atoms with E-state index in [9.17, 15) is 24.3 Å². The van der Waals surface area contributed by atoms with Crippen LogP contribution in [0.15, 0.2) is 0 Å². The van der Waals surface area contributed by atoms with Crippen molar-refractivity contribution in [2.45, 2.75) is 63.7 Å². The number of hydrogen-bond acceptors (Lipinski definition) is 8. The summed E-state index contributed by atoms with van der Waals surface area (Å²) in [5.74, 6) is -3.26. The number of unbranched alkanes of at least 4 members (excludes halogenated alkanes) is 1. The van der Waals surface area contributed by atoms with Gasteiger partial charge in [0.1, 0.15) is 24.2 Å². The fourth-order valence-electron chi connectivity index (χ4n) is 2.55. The molecular weight excluding hydrogens is 414 g/mol. The third-order valence-electron chi connectivity index (χ3n) is 4.25. The molecule has 0 radical (unpaired) electrons. The standard InChI is InChI=1S/C18H35N5O6S/c1-10(2)7-13(22-15(25)11(20)8-24)16(26)23-14(9-30)17(27)21-12(18(28)29)5-3-4-6-19/h10-14,24,30H,3-9,19-20H2,1-2H3,(H,21,27)(H,22,25)(H,23,26)(H,28,29). The summed E-state index contributed by atoms with van der Waals surface area (Å²) in [7, 11) is 0. The first-order valence-corrected chi connectivity index (χ1v) is 10.5. The summed E-state index contributed by atoms with van der Waals surface area (Å²) < 4.78 is 0. The van der Waals surface area contributed by atoms with Gasteiger partial charge in [0.05, 0.1) is 6.61 Å². The minimum Gasteiger partial charge on any atom is -0.480 e. The van der Waals surface area contributed by atoms with Crippen molar-refractivity contribution in [2.24, 2.45) is 17.4 Å². The maximum atomic E-state index is 12.7. The average molecular weight is 450 g/mol. The van der Waals surface area contributed by atoms with E-state index in [0.717, 1.165) is 0 Å². The Morgan fingerprint density at radius 2 is 1.47 bits per heavy atom. The number of carbonyl (C=O) groups is 4. The number of carboxylic acid groups (broad SMARTS) is 1. The summed E-state index contributed by atoms with van der Waals surface area (Å²) in [6.45, 7) is 3.53. The molecule has 9 N–H and O–H groups in total. The van der Waals surface area contributed by atoms with Gasteiger partial charge in [0.2, 0.25) is 17.7 Å². The van der Waals surface area contributed by atoms with Crippen LogP contribution in [-0.2, 0) is 19.2 Å². The number of carboxylic acids is 1. The summed E-state index contributed by atoms with van der Waals surface area (Å²) in [4.78, 5) is 48.5. The molecule has 0 saturated heterocycles. The molecule has 0 aliphatic heterocycles. The molecule has 0 spiro atoms. The second-order valence-electron chi connectivity index (χ2n) is 7.41. The third-order valence-corrected chi connectivity index (χ3v) is 4.62. The van der Waals surface area contributed by atoms with Crippen LogP contribution in [0.25, 0.3) is 0 Å². The molecule has 3 amide bonds. The van der Waals surface area contributed by atoms with Gasteiger partial charge in [-0.05, 0) is 38.1 Å². The van der Waals surface area contributed by atoms with Crippen LogP contribution in [0.4, 0.5) is 0 Å². The Kier molecular flexibility index (Phi) is 14.0. The first-order chi connectivity index (χ1) is 14.1. The number of thiol groups is 1. The minimum absolute atomic E-state index is 0.0358. The van der Waals surface area contributed by atoms with Gasteiger partial charge in [-0.2, -0.15) is 12.6 Å². The van der Waals surface area contributed by atoms with Crippen LogP contribution >= 0.6 is 12.6 Å². The maximum Gasteiger partial charge on any atom is 0.326 e. The summed E-state index contributed by atoms with van der Waals surface area (Å²) >= 11 is 4.07. The number of carbonyl (C=O) groups excluding carboxylic acids is 3. The number of hydrogen-bond donors (Lipinski definition) is 8. The Morgan fingerprint density at radius 1 is 0.933 bits per heavy atom. The highest BCUT2D eigenvalue weighted by Crippen LogP contribution is 2.07. The fourth-order valence-corrected chi connectivity index (χ4v) is 2.81. The monoisotopic (exact) mass is 449 g/mol. The van der Waals surface area contributed by atoms with E-state index in [0.29, 0.717) is 19.4 Å². The van der Waals surface area contributed by atoms with Crippen LogP contribution in [0.3, 0.4) is 0 Å². The molecule has 11 nitrogen and oxygen atoms in total. The Morgan fingerprint density at radius 3 is 1.93 bits per heavy atom. The molecule has 0 aliphatic carbocycles. The first-order valence-electron chi connectivity index (χ1n) is 9.88. The number of nitrogens with two attached hydrogens (primary N) is 2. The van der Waals surface area contributed by atoms with Crippen molar-refractivity contribution in [3.05, 3.63) is 0 Å². The molecule has 0 aromatic heterocycles. The van der Waals surface area contributed by atoms with Crippen molar-refractivity contribution in [3.8, 4) is 0 Å². The molecule has 0 saturated carbocycles. The summed E-state index contributed by atoms with van der Waals surface area (Å²) in [5.41, 5.74) is 10.9.